The van der Waals surface area contributed by atoms with Gasteiger partial charge in [-0.2, -0.15) is 0 Å². The van der Waals surface area contributed by atoms with E-state index >= 15 is 0 Å². The highest BCUT2D eigenvalue weighted by Crippen LogP contribution is 2.29. The lowest BCUT2D eigenvalue weighted by molar-refractivity contribution is -0.139. The number of pyridine rings is 1. The first kappa shape index (κ1) is 18.9. The second kappa shape index (κ2) is 7.20. The molecule has 1 unspecified atom stereocenters. The van der Waals surface area contributed by atoms with Crippen molar-refractivity contribution in [1.29, 1.82) is 0 Å². The predicted octanol–water partition coefficient (Wildman–Crippen LogP) is 3.15. The molecule has 0 saturated heterocycles. The van der Waals surface area contributed by atoms with E-state index in [9.17, 15) is 14.7 Å². The zero-order valence-corrected chi connectivity index (χ0v) is 16.4. The summed E-state index contributed by atoms with van der Waals surface area (Å²) in [5.74, 6) is -0.853. The fourth-order valence-corrected chi connectivity index (χ4v) is 3.47. The van der Waals surface area contributed by atoms with Gasteiger partial charge < -0.3 is 19.7 Å². The monoisotopic (exact) mass is 395 g/mol. The van der Waals surface area contributed by atoms with Crippen molar-refractivity contribution >= 4 is 23.0 Å². The van der Waals surface area contributed by atoms with Gasteiger partial charge in [0.25, 0.3) is 11.6 Å². The summed E-state index contributed by atoms with van der Waals surface area (Å²) in [7, 11) is 0. The number of hydrogen-bond donors (Lipinski definition) is 2. The standard InChI is InChI=1S/C21H21N3O5/c1-10(2)15-9-14(17-11(3)24-29-20(17)22-15)19(25)23-18(21(26)27)13-4-5-16-12(8-13)6-7-28-16/h4-5,8-10,18H,6-7H2,1-3H3,(H,23,25)(H,26,27). The highest BCUT2D eigenvalue weighted by Gasteiger charge is 2.27. The second-order valence-electron chi connectivity index (χ2n) is 7.41. The number of amides is 1. The molecular formula is C21H21N3O5. The Kier molecular flexibility index (Phi) is 4.70. The predicted molar refractivity (Wildman–Crippen MR) is 104 cm³/mol. The van der Waals surface area contributed by atoms with E-state index in [0.29, 0.717) is 40.9 Å². The normalized spacial score (nSPS) is 13.9. The Hall–Kier alpha value is -3.42. The molecule has 0 radical (unpaired) electrons. The minimum Gasteiger partial charge on any atom is -0.493 e. The maximum Gasteiger partial charge on any atom is 0.330 e. The van der Waals surface area contributed by atoms with Crippen LogP contribution in [0.5, 0.6) is 5.75 Å². The molecule has 1 aromatic carbocycles. The van der Waals surface area contributed by atoms with Gasteiger partial charge in [-0.25, -0.2) is 9.78 Å². The molecule has 0 saturated carbocycles. The smallest absolute Gasteiger partial charge is 0.330 e. The largest absolute Gasteiger partial charge is 0.493 e. The van der Waals surface area contributed by atoms with Crippen LogP contribution < -0.4 is 10.1 Å². The molecule has 0 bridgehead atoms. The van der Waals surface area contributed by atoms with Crippen LogP contribution >= 0.6 is 0 Å². The Labute approximate surface area is 166 Å². The van der Waals surface area contributed by atoms with Crippen LogP contribution in [-0.4, -0.2) is 33.7 Å². The maximum atomic E-state index is 13.1. The maximum absolute atomic E-state index is 13.1. The average Bonchev–Trinajstić information content (AvgIpc) is 3.31. The lowest BCUT2D eigenvalue weighted by Crippen LogP contribution is -2.34. The molecule has 8 nitrogen and oxygen atoms in total. The zero-order valence-electron chi connectivity index (χ0n) is 16.4. The van der Waals surface area contributed by atoms with Gasteiger partial charge in [0.1, 0.15) is 5.75 Å². The molecule has 1 amide bonds. The quantitative estimate of drug-likeness (QED) is 0.682. The van der Waals surface area contributed by atoms with E-state index < -0.39 is 17.9 Å². The summed E-state index contributed by atoms with van der Waals surface area (Å²) in [6.07, 6.45) is 0.714. The number of aliphatic carboxylic acids is 1. The van der Waals surface area contributed by atoms with E-state index in [-0.39, 0.29) is 11.6 Å². The van der Waals surface area contributed by atoms with Crippen LogP contribution in [-0.2, 0) is 11.2 Å². The van der Waals surface area contributed by atoms with Crippen LogP contribution in [0.15, 0.2) is 28.8 Å². The number of ether oxygens (including phenoxy) is 1. The molecule has 1 atom stereocenters. The number of aromatic nitrogens is 2. The molecule has 3 heterocycles. The van der Waals surface area contributed by atoms with E-state index in [2.05, 4.69) is 15.5 Å². The highest BCUT2D eigenvalue weighted by atomic mass is 16.5. The van der Waals surface area contributed by atoms with Gasteiger partial charge in [0.05, 0.1) is 23.3 Å². The molecule has 0 spiro atoms. The topological polar surface area (TPSA) is 115 Å². The van der Waals surface area contributed by atoms with Crippen LogP contribution in [0.3, 0.4) is 0 Å². The van der Waals surface area contributed by atoms with Crippen molar-refractivity contribution in [2.24, 2.45) is 0 Å². The molecule has 4 rings (SSSR count). The van der Waals surface area contributed by atoms with Gasteiger partial charge in [0.15, 0.2) is 6.04 Å². The number of carboxylic acid groups (broad SMARTS) is 1. The number of nitrogens with one attached hydrogen (secondary N) is 1. The SMILES string of the molecule is Cc1noc2nc(C(C)C)cc(C(=O)NC(C(=O)O)c3ccc4c(c3)CCO4)c12. The third kappa shape index (κ3) is 3.41. The van der Waals surface area contributed by atoms with Gasteiger partial charge in [-0.1, -0.05) is 25.1 Å². The van der Waals surface area contributed by atoms with Crippen molar-refractivity contribution < 1.29 is 24.0 Å². The minimum atomic E-state index is -1.20. The zero-order chi connectivity index (χ0) is 20.7. The minimum absolute atomic E-state index is 0.0586. The second-order valence-corrected chi connectivity index (χ2v) is 7.41. The highest BCUT2D eigenvalue weighted by molar-refractivity contribution is 6.07. The number of fused-ring (bicyclic) bond motifs is 2. The summed E-state index contributed by atoms with van der Waals surface area (Å²) in [5, 5.41) is 16.8. The molecule has 2 N–H and O–H groups in total. The van der Waals surface area contributed by atoms with Gasteiger partial charge in [-0.15, -0.1) is 0 Å². The molecule has 1 aliphatic rings. The number of carbonyl (C=O) groups is 2. The Balaban J connectivity index is 1.72. The molecule has 29 heavy (non-hydrogen) atoms. The Bertz CT molecular complexity index is 1120. The lowest BCUT2D eigenvalue weighted by Gasteiger charge is -2.17. The molecular weight excluding hydrogens is 374 g/mol. The molecule has 1 aliphatic heterocycles. The Morgan fingerprint density at radius 1 is 1.24 bits per heavy atom. The fraction of sp³-hybridized carbons (Fsp3) is 0.333. The average molecular weight is 395 g/mol. The van der Waals surface area contributed by atoms with Crippen LogP contribution in [0.1, 0.15) is 58.7 Å². The number of carboxylic acids is 1. The molecule has 0 aliphatic carbocycles. The molecule has 3 aromatic rings. The van der Waals surface area contributed by atoms with Crippen LogP contribution in [0.2, 0.25) is 0 Å². The van der Waals surface area contributed by atoms with E-state index in [1.807, 2.05) is 13.8 Å². The van der Waals surface area contributed by atoms with E-state index in [1.165, 1.54) is 0 Å². The first-order valence-corrected chi connectivity index (χ1v) is 9.41. The Morgan fingerprint density at radius 2 is 2.03 bits per heavy atom. The van der Waals surface area contributed by atoms with Gasteiger partial charge in [-0.3, -0.25) is 4.79 Å². The summed E-state index contributed by atoms with van der Waals surface area (Å²) >= 11 is 0. The van der Waals surface area contributed by atoms with Crippen LogP contribution in [0.25, 0.3) is 11.1 Å². The van der Waals surface area contributed by atoms with Crippen LogP contribution in [0, 0.1) is 6.92 Å². The fourth-order valence-electron chi connectivity index (χ4n) is 3.47. The van der Waals surface area contributed by atoms with Crippen molar-refractivity contribution in [3.05, 3.63) is 52.3 Å². The Morgan fingerprint density at radius 3 is 2.76 bits per heavy atom. The number of rotatable bonds is 5. The van der Waals surface area contributed by atoms with Crippen molar-refractivity contribution in [2.75, 3.05) is 6.61 Å². The van der Waals surface area contributed by atoms with E-state index in [1.54, 1.807) is 31.2 Å². The summed E-state index contributed by atoms with van der Waals surface area (Å²) < 4.78 is 10.7. The van der Waals surface area contributed by atoms with Gasteiger partial charge >= 0.3 is 5.97 Å². The van der Waals surface area contributed by atoms with Gasteiger partial charge in [-0.05, 0) is 42.2 Å². The van der Waals surface area contributed by atoms with Crippen molar-refractivity contribution in [1.82, 2.24) is 15.5 Å². The summed E-state index contributed by atoms with van der Waals surface area (Å²) in [6.45, 7) is 6.19. The van der Waals surface area contributed by atoms with Crippen LogP contribution in [0.4, 0.5) is 0 Å². The van der Waals surface area contributed by atoms with Crippen molar-refractivity contribution in [2.45, 2.75) is 39.2 Å². The molecule has 2 aromatic heterocycles. The number of nitrogens with zero attached hydrogens (tertiary/aromatic N) is 2. The first-order chi connectivity index (χ1) is 13.8. The van der Waals surface area contributed by atoms with E-state index in [0.717, 1.165) is 11.3 Å². The number of carbonyl (C=O) groups excluding carboxylic acids is 1. The van der Waals surface area contributed by atoms with Crippen molar-refractivity contribution in [3.63, 3.8) is 0 Å². The molecule has 8 heteroatoms. The summed E-state index contributed by atoms with van der Waals surface area (Å²) in [4.78, 5) is 29.5. The van der Waals surface area contributed by atoms with Gasteiger partial charge in [0.2, 0.25) is 0 Å². The number of hydrogen-bond acceptors (Lipinski definition) is 6. The third-order valence-corrected chi connectivity index (χ3v) is 5.04. The first-order valence-electron chi connectivity index (χ1n) is 9.41. The summed E-state index contributed by atoms with van der Waals surface area (Å²) in [5.41, 5.74) is 3.18. The molecule has 0 fully saturated rings. The van der Waals surface area contributed by atoms with E-state index in [4.69, 9.17) is 9.26 Å². The lowest BCUT2D eigenvalue weighted by atomic mass is 10.0. The van der Waals surface area contributed by atoms with Gasteiger partial charge in [0, 0.05) is 12.1 Å². The summed E-state index contributed by atoms with van der Waals surface area (Å²) in [6, 6.07) is 5.65. The van der Waals surface area contributed by atoms with Crippen molar-refractivity contribution in [3.8, 4) is 5.75 Å². The third-order valence-electron chi connectivity index (χ3n) is 5.04. The number of benzene rings is 1. The molecule has 150 valence electrons. The number of aryl methyl sites for hydroxylation is 1.